The van der Waals surface area contributed by atoms with Crippen molar-refractivity contribution in [3.63, 3.8) is 0 Å². The van der Waals surface area contributed by atoms with E-state index in [1.807, 2.05) is 6.08 Å². The summed E-state index contributed by atoms with van der Waals surface area (Å²) >= 11 is -1.81. The molecule has 0 aromatic rings. The van der Waals surface area contributed by atoms with Gasteiger partial charge in [-0.2, -0.15) is 0 Å². The van der Waals surface area contributed by atoms with Crippen LogP contribution < -0.4 is 0 Å². The van der Waals surface area contributed by atoms with Crippen molar-refractivity contribution in [1.82, 2.24) is 0 Å². The zero-order chi connectivity index (χ0) is 12.3. The van der Waals surface area contributed by atoms with Gasteiger partial charge in [0, 0.05) is 0 Å². The molecule has 0 radical (unpaired) electrons. The summed E-state index contributed by atoms with van der Waals surface area (Å²) in [7, 11) is 0. The van der Waals surface area contributed by atoms with Crippen LogP contribution in [0.1, 0.15) is 33.1 Å². The summed E-state index contributed by atoms with van der Waals surface area (Å²) in [5, 5.41) is 0. The van der Waals surface area contributed by atoms with Crippen molar-refractivity contribution >= 4 is 24.2 Å². The second-order valence-electron chi connectivity index (χ2n) is 5.96. The van der Waals surface area contributed by atoms with Crippen molar-refractivity contribution in [2.45, 2.75) is 47.9 Å². The summed E-state index contributed by atoms with van der Waals surface area (Å²) in [6.07, 6.45) is 7.21. The molecule has 0 fully saturated rings. The van der Waals surface area contributed by atoms with Crippen LogP contribution >= 0.6 is 0 Å². The molecule has 0 aromatic heterocycles. The average Bonchev–Trinajstić information content (AvgIpc) is 2.14. The van der Waals surface area contributed by atoms with E-state index >= 15 is 0 Å². The maximum absolute atomic E-state index is 11.2. The van der Waals surface area contributed by atoms with E-state index in [0.29, 0.717) is 11.7 Å². The van der Waals surface area contributed by atoms with E-state index in [1.54, 1.807) is 3.59 Å². The van der Waals surface area contributed by atoms with Crippen LogP contribution in [-0.2, 0) is 4.79 Å². The average molecular weight is 327 g/mol. The van der Waals surface area contributed by atoms with E-state index in [4.69, 9.17) is 0 Å². The van der Waals surface area contributed by atoms with Crippen LogP contribution in [0.15, 0.2) is 21.3 Å². The third kappa shape index (κ3) is 4.08. The topological polar surface area (TPSA) is 17.1 Å². The molecule has 2 heteroatoms. The van der Waals surface area contributed by atoms with Crippen LogP contribution in [0.3, 0.4) is 0 Å². The first-order valence-electron chi connectivity index (χ1n) is 6.19. The molecule has 0 amide bonds. The van der Waals surface area contributed by atoms with Gasteiger partial charge in [-0.15, -0.1) is 0 Å². The molecule has 90 valence electrons. The van der Waals surface area contributed by atoms with Gasteiger partial charge in [-0.3, -0.25) is 0 Å². The predicted octanol–water partition coefficient (Wildman–Crippen LogP) is 4.13. The van der Waals surface area contributed by atoms with Crippen molar-refractivity contribution in [3.8, 4) is 0 Å². The number of carbonyl (C=O) groups excluding carboxylic acids is 1. The molecule has 1 aliphatic carbocycles. The second-order valence-corrected chi connectivity index (χ2v) is 21.1. The Kier molecular flexibility index (Phi) is 4.84. The first-order valence-corrected chi connectivity index (χ1v) is 16.2. The van der Waals surface area contributed by atoms with Gasteiger partial charge >= 0.3 is 104 Å². The number of allylic oxidation sites excluding steroid dienone is 4. The number of ketones is 1. The first-order chi connectivity index (χ1) is 7.30. The molecule has 0 aromatic carbocycles. The van der Waals surface area contributed by atoms with Gasteiger partial charge in [0.2, 0.25) is 0 Å². The minimum absolute atomic E-state index is 0.310. The fraction of sp³-hybridized carbons (Fsp3) is 0.643. The zero-order valence-corrected chi connectivity index (χ0v) is 14.1. The Morgan fingerprint density at radius 1 is 1.50 bits per heavy atom. The van der Waals surface area contributed by atoms with Gasteiger partial charge in [0.25, 0.3) is 0 Å². The molecule has 1 rings (SSSR count). The molecule has 0 heterocycles. The van der Waals surface area contributed by atoms with Crippen molar-refractivity contribution in [1.29, 1.82) is 0 Å². The molecule has 0 spiro atoms. The molecule has 0 aliphatic heterocycles. The Morgan fingerprint density at radius 2 is 2.12 bits per heavy atom. The summed E-state index contributed by atoms with van der Waals surface area (Å²) in [4.78, 5) is 18.6. The molecule has 0 saturated carbocycles. The number of hydrogen-bond donors (Lipinski definition) is 0. The molecule has 1 atom stereocenters. The van der Waals surface area contributed by atoms with Gasteiger partial charge in [-0.25, -0.2) is 0 Å². The summed E-state index contributed by atoms with van der Waals surface area (Å²) in [6, 6.07) is 0. The van der Waals surface area contributed by atoms with Crippen molar-refractivity contribution < 1.29 is 4.79 Å². The molecule has 0 saturated heterocycles. The quantitative estimate of drug-likeness (QED) is 0.713. The van der Waals surface area contributed by atoms with E-state index in [2.05, 4.69) is 34.7 Å². The molecule has 1 aliphatic rings. The van der Waals surface area contributed by atoms with Crippen LogP contribution in [0.5, 0.6) is 0 Å². The number of carbonyl (C=O) groups is 1. The SMILES string of the molecule is CC1=CC(=O)CCC1C/C=[C](\C)[Sn]([CH3])([CH3])[CH3]. The van der Waals surface area contributed by atoms with Crippen LogP contribution in [0.25, 0.3) is 0 Å². The monoisotopic (exact) mass is 328 g/mol. The number of rotatable bonds is 3. The summed E-state index contributed by atoms with van der Waals surface area (Å²) in [5.74, 6) is 0.922. The van der Waals surface area contributed by atoms with Gasteiger partial charge in [-0.1, -0.05) is 0 Å². The summed E-state index contributed by atoms with van der Waals surface area (Å²) < 4.78 is 1.65. The Balaban J connectivity index is 2.63. The third-order valence-corrected chi connectivity index (χ3v) is 11.0. The standard InChI is InChI=1S/C11H15O.3CH3.Sn/c1-3-4-5-10-6-7-11(12)8-9(10)2;;;;/h4,8,10H,5-7H2,1-2H3;3*1H3;. The molecular formula is C14H24OSn. The van der Waals surface area contributed by atoms with Gasteiger partial charge in [0.05, 0.1) is 0 Å². The Hall–Kier alpha value is -0.0513. The molecule has 0 N–H and O–H groups in total. The van der Waals surface area contributed by atoms with E-state index in [1.165, 1.54) is 5.57 Å². The maximum atomic E-state index is 11.2. The Labute approximate surface area is 104 Å². The van der Waals surface area contributed by atoms with Gasteiger partial charge in [0.15, 0.2) is 0 Å². The molecule has 1 nitrogen and oxygen atoms in total. The van der Waals surface area contributed by atoms with E-state index in [-0.39, 0.29) is 0 Å². The second kappa shape index (κ2) is 5.52. The molecule has 0 bridgehead atoms. The van der Waals surface area contributed by atoms with E-state index < -0.39 is 18.4 Å². The third-order valence-electron chi connectivity index (χ3n) is 3.66. The normalized spacial score (nSPS) is 23.3. The van der Waals surface area contributed by atoms with E-state index in [0.717, 1.165) is 19.3 Å². The van der Waals surface area contributed by atoms with Crippen LogP contribution in [0.2, 0.25) is 14.8 Å². The van der Waals surface area contributed by atoms with Gasteiger partial charge in [-0.05, 0) is 0 Å². The Bertz CT molecular complexity index is 331. The molecule has 16 heavy (non-hydrogen) atoms. The fourth-order valence-corrected chi connectivity index (χ4v) is 4.00. The van der Waals surface area contributed by atoms with E-state index in [9.17, 15) is 4.79 Å². The van der Waals surface area contributed by atoms with Crippen molar-refractivity contribution in [3.05, 3.63) is 21.3 Å². The van der Waals surface area contributed by atoms with Gasteiger partial charge in [0.1, 0.15) is 0 Å². The van der Waals surface area contributed by atoms with Crippen LogP contribution in [0.4, 0.5) is 0 Å². The van der Waals surface area contributed by atoms with Crippen molar-refractivity contribution in [2.24, 2.45) is 5.92 Å². The van der Waals surface area contributed by atoms with Crippen LogP contribution in [0, 0.1) is 5.92 Å². The van der Waals surface area contributed by atoms with Gasteiger partial charge < -0.3 is 0 Å². The molecule has 1 unspecified atom stereocenters. The van der Waals surface area contributed by atoms with Crippen molar-refractivity contribution in [2.75, 3.05) is 0 Å². The zero-order valence-electron chi connectivity index (χ0n) is 11.3. The van der Waals surface area contributed by atoms with Crippen LogP contribution in [-0.4, -0.2) is 24.2 Å². The summed E-state index contributed by atoms with van der Waals surface area (Å²) in [5.41, 5.74) is 1.28. The predicted molar refractivity (Wildman–Crippen MR) is 73.2 cm³/mol. The Morgan fingerprint density at radius 3 is 2.62 bits per heavy atom. The summed E-state index contributed by atoms with van der Waals surface area (Å²) in [6.45, 7) is 4.40. The fourth-order valence-electron chi connectivity index (χ4n) is 1.92. The first kappa shape index (κ1) is 14.0. The molecular weight excluding hydrogens is 303 g/mol. The minimum atomic E-state index is -1.81. The number of hydrogen-bond acceptors (Lipinski definition) is 1.